The van der Waals surface area contributed by atoms with Crippen molar-refractivity contribution < 1.29 is 18.0 Å². The molecule has 172 valence electrons. The SMILES string of the molecule is Cc1nc(N2CCN(C)CC2)cc(N2CCN(C(=O)c3cccc(C(F)(F)F)c3)CC2)n1. The lowest BCUT2D eigenvalue weighted by Gasteiger charge is -2.37. The molecule has 2 saturated heterocycles. The van der Waals surface area contributed by atoms with E-state index in [9.17, 15) is 18.0 Å². The van der Waals surface area contributed by atoms with Crippen molar-refractivity contribution in [2.24, 2.45) is 0 Å². The summed E-state index contributed by atoms with van der Waals surface area (Å²) >= 11 is 0. The van der Waals surface area contributed by atoms with Gasteiger partial charge in [-0.05, 0) is 32.2 Å². The number of alkyl halides is 3. The first-order chi connectivity index (χ1) is 15.2. The maximum atomic E-state index is 13.0. The molecule has 1 aromatic carbocycles. The van der Waals surface area contributed by atoms with Gasteiger partial charge >= 0.3 is 6.18 Å². The summed E-state index contributed by atoms with van der Waals surface area (Å²) in [7, 11) is 2.11. The van der Waals surface area contributed by atoms with Gasteiger partial charge in [0.2, 0.25) is 0 Å². The van der Waals surface area contributed by atoms with Crippen molar-refractivity contribution in [3.8, 4) is 0 Å². The van der Waals surface area contributed by atoms with Crippen LogP contribution in [0, 0.1) is 6.92 Å². The Hall–Kier alpha value is -2.88. The molecule has 3 heterocycles. The van der Waals surface area contributed by atoms with Crippen molar-refractivity contribution in [1.82, 2.24) is 19.8 Å². The Kier molecular flexibility index (Phi) is 6.23. The number of hydrogen-bond acceptors (Lipinski definition) is 6. The summed E-state index contributed by atoms with van der Waals surface area (Å²) in [5.74, 6) is 2.03. The number of carbonyl (C=O) groups is 1. The van der Waals surface area contributed by atoms with E-state index in [1.165, 1.54) is 12.1 Å². The summed E-state index contributed by atoms with van der Waals surface area (Å²) in [5, 5.41) is 0. The molecule has 2 aliphatic heterocycles. The van der Waals surface area contributed by atoms with Gasteiger partial charge in [-0.3, -0.25) is 4.79 Å². The van der Waals surface area contributed by atoms with Gasteiger partial charge in [-0.15, -0.1) is 0 Å². The minimum absolute atomic E-state index is 0.0588. The van der Waals surface area contributed by atoms with Gasteiger partial charge in [0.25, 0.3) is 5.91 Å². The lowest BCUT2D eigenvalue weighted by Crippen LogP contribution is -2.49. The minimum atomic E-state index is -4.47. The Labute approximate surface area is 185 Å². The Morgan fingerprint density at radius 1 is 0.875 bits per heavy atom. The number of rotatable bonds is 3. The molecule has 0 saturated carbocycles. The van der Waals surface area contributed by atoms with E-state index in [1.54, 1.807) is 4.90 Å². The number of hydrogen-bond donors (Lipinski definition) is 0. The van der Waals surface area contributed by atoms with Gasteiger partial charge in [0.1, 0.15) is 17.5 Å². The van der Waals surface area contributed by atoms with Crippen LogP contribution in [-0.4, -0.2) is 85.1 Å². The first-order valence-electron chi connectivity index (χ1n) is 10.7. The number of anilines is 2. The average molecular weight is 448 g/mol. The molecule has 0 bridgehead atoms. The number of amides is 1. The van der Waals surface area contributed by atoms with E-state index in [4.69, 9.17) is 0 Å². The monoisotopic (exact) mass is 448 g/mol. The number of nitrogens with zero attached hydrogens (tertiary/aromatic N) is 6. The zero-order valence-corrected chi connectivity index (χ0v) is 18.3. The Morgan fingerprint density at radius 2 is 1.44 bits per heavy atom. The third-order valence-electron chi connectivity index (χ3n) is 5.97. The van der Waals surface area contributed by atoms with Crippen LogP contribution >= 0.6 is 0 Å². The van der Waals surface area contributed by atoms with E-state index in [-0.39, 0.29) is 11.5 Å². The van der Waals surface area contributed by atoms with E-state index in [0.717, 1.165) is 49.9 Å². The van der Waals surface area contributed by atoms with E-state index >= 15 is 0 Å². The quantitative estimate of drug-likeness (QED) is 0.720. The molecule has 0 unspecified atom stereocenters. The third kappa shape index (κ3) is 4.95. The third-order valence-corrected chi connectivity index (χ3v) is 5.97. The van der Waals surface area contributed by atoms with Crippen molar-refractivity contribution in [3.05, 3.63) is 47.3 Å². The molecule has 2 fully saturated rings. The first-order valence-corrected chi connectivity index (χ1v) is 10.7. The summed E-state index contributed by atoms with van der Waals surface area (Å²) in [6.07, 6.45) is -4.47. The molecule has 32 heavy (non-hydrogen) atoms. The normalized spacial score (nSPS) is 18.2. The fourth-order valence-electron chi connectivity index (χ4n) is 4.05. The van der Waals surface area contributed by atoms with Crippen molar-refractivity contribution in [3.63, 3.8) is 0 Å². The summed E-state index contributed by atoms with van der Waals surface area (Å²) in [4.78, 5) is 30.2. The van der Waals surface area contributed by atoms with E-state index in [2.05, 4.69) is 31.7 Å². The first kappa shape index (κ1) is 22.3. The van der Waals surface area contributed by atoms with Crippen molar-refractivity contribution >= 4 is 17.5 Å². The molecule has 10 heteroatoms. The van der Waals surface area contributed by atoms with Gasteiger partial charge in [0, 0.05) is 64.0 Å². The van der Waals surface area contributed by atoms with Gasteiger partial charge in [-0.25, -0.2) is 9.97 Å². The molecule has 0 spiro atoms. The highest BCUT2D eigenvalue weighted by Crippen LogP contribution is 2.30. The predicted molar refractivity (Wildman–Crippen MR) is 116 cm³/mol. The van der Waals surface area contributed by atoms with Crippen molar-refractivity contribution in [2.75, 3.05) is 69.2 Å². The number of aromatic nitrogens is 2. The number of likely N-dealkylation sites (N-methyl/N-ethyl adjacent to an activating group) is 1. The molecule has 0 N–H and O–H groups in total. The highest BCUT2D eigenvalue weighted by molar-refractivity contribution is 5.94. The van der Waals surface area contributed by atoms with Crippen LogP contribution in [0.1, 0.15) is 21.7 Å². The average Bonchev–Trinajstić information content (AvgIpc) is 2.78. The summed E-state index contributed by atoms with van der Waals surface area (Å²) in [6, 6.07) is 6.59. The number of piperazine rings is 2. The fourth-order valence-corrected chi connectivity index (χ4v) is 4.05. The van der Waals surface area contributed by atoms with Crippen LogP contribution in [0.3, 0.4) is 0 Å². The fraction of sp³-hybridized carbons (Fsp3) is 0.500. The number of benzene rings is 1. The highest BCUT2D eigenvalue weighted by Gasteiger charge is 2.32. The van der Waals surface area contributed by atoms with Crippen LogP contribution in [0.5, 0.6) is 0 Å². The van der Waals surface area contributed by atoms with Crippen LogP contribution in [0.2, 0.25) is 0 Å². The predicted octanol–water partition coefficient (Wildman–Crippen LogP) is 2.52. The lowest BCUT2D eigenvalue weighted by molar-refractivity contribution is -0.137. The lowest BCUT2D eigenvalue weighted by atomic mass is 10.1. The molecule has 1 aromatic heterocycles. The van der Waals surface area contributed by atoms with Crippen LogP contribution in [0.4, 0.5) is 24.8 Å². The standard InChI is InChI=1S/C22H27F3N6O/c1-16-26-19(29-8-6-28(2)7-9-29)15-20(27-16)30-10-12-31(13-11-30)21(32)17-4-3-5-18(14-17)22(23,24)25/h3-5,14-15H,6-13H2,1-2H3. The van der Waals surface area contributed by atoms with Gasteiger partial charge in [0.05, 0.1) is 5.56 Å². The second kappa shape index (κ2) is 8.93. The van der Waals surface area contributed by atoms with E-state index in [1.807, 2.05) is 13.0 Å². The van der Waals surface area contributed by atoms with Crippen LogP contribution < -0.4 is 9.80 Å². The Morgan fingerprint density at radius 3 is 2.00 bits per heavy atom. The zero-order valence-electron chi connectivity index (χ0n) is 18.3. The summed E-state index contributed by atoms with van der Waals surface area (Å²) in [6.45, 7) is 7.60. The molecule has 0 aliphatic carbocycles. The molecule has 0 atom stereocenters. The van der Waals surface area contributed by atoms with E-state index in [0.29, 0.717) is 32.0 Å². The second-order valence-corrected chi connectivity index (χ2v) is 8.28. The molecular weight excluding hydrogens is 421 g/mol. The molecule has 2 aromatic rings. The van der Waals surface area contributed by atoms with Crippen molar-refractivity contribution in [1.29, 1.82) is 0 Å². The van der Waals surface area contributed by atoms with Gasteiger partial charge in [-0.1, -0.05) is 6.07 Å². The highest BCUT2D eigenvalue weighted by atomic mass is 19.4. The molecule has 7 nitrogen and oxygen atoms in total. The molecule has 0 radical (unpaired) electrons. The molecule has 2 aliphatic rings. The zero-order chi connectivity index (χ0) is 22.9. The minimum Gasteiger partial charge on any atom is -0.354 e. The Balaban J connectivity index is 1.42. The van der Waals surface area contributed by atoms with Crippen molar-refractivity contribution in [2.45, 2.75) is 13.1 Å². The maximum absolute atomic E-state index is 13.0. The van der Waals surface area contributed by atoms with Gasteiger partial charge < -0.3 is 19.6 Å². The molecule has 1 amide bonds. The second-order valence-electron chi connectivity index (χ2n) is 8.28. The maximum Gasteiger partial charge on any atom is 0.416 e. The van der Waals surface area contributed by atoms with Crippen LogP contribution in [-0.2, 0) is 6.18 Å². The van der Waals surface area contributed by atoms with Gasteiger partial charge in [0.15, 0.2) is 0 Å². The smallest absolute Gasteiger partial charge is 0.354 e. The van der Waals surface area contributed by atoms with Gasteiger partial charge in [-0.2, -0.15) is 13.2 Å². The summed E-state index contributed by atoms with van der Waals surface area (Å²) in [5.41, 5.74) is -0.751. The summed E-state index contributed by atoms with van der Waals surface area (Å²) < 4.78 is 38.9. The molecular formula is C22H27F3N6O. The number of aryl methyl sites for hydroxylation is 1. The number of halogens is 3. The topological polar surface area (TPSA) is 55.8 Å². The van der Waals surface area contributed by atoms with Crippen LogP contribution in [0.15, 0.2) is 30.3 Å². The molecule has 4 rings (SSSR count). The largest absolute Gasteiger partial charge is 0.416 e. The number of carbonyl (C=O) groups excluding carboxylic acids is 1. The van der Waals surface area contributed by atoms with E-state index < -0.39 is 11.7 Å². The Bertz CT molecular complexity index is 966. The van der Waals surface area contributed by atoms with Crippen LogP contribution in [0.25, 0.3) is 0 Å².